The molecule has 0 amide bonds. The lowest BCUT2D eigenvalue weighted by atomic mass is 9.75. The van der Waals surface area contributed by atoms with E-state index in [1.807, 2.05) is 6.92 Å². The molecule has 76 valence electrons. The van der Waals surface area contributed by atoms with Crippen LogP contribution in [0.15, 0.2) is 0 Å². The van der Waals surface area contributed by atoms with E-state index in [1.165, 1.54) is 19.3 Å². The first-order valence-electron chi connectivity index (χ1n) is 5.38. The second-order valence-corrected chi connectivity index (χ2v) is 3.97. The highest BCUT2D eigenvalue weighted by Gasteiger charge is 2.43. The zero-order chi connectivity index (χ0) is 9.73. The van der Waals surface area contributed by atoms with Crippen LogP contribution in [-0.2, 0) is 9.53 Å². The maximum Gasteiger partial charge on any atom is 0.138 e. The van der Waals surface area contributed by atoms with E-state index in [0.29, 0.717) is 18.6 Å². The van der Waals surface area contributed by atoms with Gasteiger partial charge < -0.3 is 4.74 Å². The van der Waals surface area contributed by atoms with E-state index in [-0.39, 0.29) is 5.60 Å². The van der Waals surface area contributed by atoms with E-state index in [2.05, 4.69) is 6.92 Å². The highest BCUT2D eigenvalue weighted by atomic mass is 16.5. The van der Waals surface area contributed by atoms with Crippen LogP contribution < -0.4 is 0 Å². The first-order valence-corrected chi connectivity index (χ1v) is 5.38. The van der Waals surface area contributed by atoms with Crippen LogP contribution >= 0.6 is 0 Å². The van der Waals surface area contributed by atoms with Gasteiger partial charge in [0.05, 0.1) is 5.60 Å². The average Bonchev–Trinajstić information content (AvgIpc) is 2.03. The van der Waals surface area contributed by atoms with Gasteiger partial charge in [-0.15, -0.1) is 0 Å². The molecule has 0 aromatic heterocycles. The van der Waals surface area contributed by atoms with E-state index in [1.54, 1.807) is 0 Å². The van der Waals surface area contributed by atoms with Crippen LogP contribution in [-0.4, -0.2) is 18.0 Å². The molecular formula is C11H20O2. The van der Waals surface area contributed by atoms with Gasteiger partial charge in [0.2, 0.25) is 0 Å². The highest BCUT2D eigenvalue weighted by Crippen LogP contribution is 2.37. The van der Waals surface area contributed by atoms with E-state index in [0.717, 1.165) is 13.0 Å². The fourth-order valence-corrected chi connectivity index (χ4v) is 2.02. The number of ketones is 1. The number of carbonyl (C=O) groups excluding carboxylic acids is 1. The molecule has 2 nitrogen and oxygen atoms in total. The molecule has 0 radical (unpaired) electrons. The molecule has 0 bridgehead atoms. The Morgan fingerprint density at radius 2 is 2.00 bits per heavy atom. The van der Waals surface area contributed by atoms with Gasteiger partial charge in [0, 0.05) is 19.4 Å². The van der Waals surface area contributed by atoms with E-state index in [9.17, 15) is 4.79 Å². The summed E-state index contributed by atoms with van der Waals surface area (Å²) in [6.07, 6.45) is 6.07. The molecule has 1 saturated carbocycles. The van der Waals surface area contributed by atoms with E-state index in [4.69, 9.17) is 4.74 Å². The number of ether oxygens (including phenoxy) is 1. The molecule has 1 fully saturated rings. The zero-order valence-electron chi connectivity index (χ0n) is 8.77. The third-order valence-electron chi connectivity index (χ3n) is 2.73. The van der Waals surface area contributed by atoms with Crippen molar-refractivity contribution in [2.24, 2.45) is 0 Å². The second kappa shape index (κ2) is 4.75. The molecule has 13 heavy (non-hydrogen) atoms. The second-order valence-electron chi connectivity index (χ2n) is 3.97. The number of carbonyl (C=O) groups is 1. The number of Topliss-reactive ketones (excluding diaryl/α,β-unsaturated/α-hetero) is 1. The molecule has 1 rings (SSSR count). The summed E-state index contributed by atoms with van der Waals surface area (Å²) in [7, 11) is 0. The third kappa shape index (κ3) is 2.80. The molecule has 2 heteroatoms. The molecule has 0 atom stereocenters. The smallest absolute Gasteiger partial charge is 0.138 e. The third-order valence-corrected chi connectivity index (χ3v) is 2.73. The summed E-state index contributed by atoms with van der Waals surface area (Å²) in [5.74, 6) is 0.366. The lowest BCUT2D eigenvalue weighted by Gasteiger charge is -2.40. The molecule has 0 unspecified atom stereocenters. The van der Waals surface area contributed by atoms with Crippen molar-refractivity contribution in [3.05, 3.63) is 0 Å². The maximum atomic E-state index is 10.9. The van der Waals surface area contributed by atoms with Crippen molar-refractivity contribution in [2.75, 3.05) is 6.61 Å². The minimum atomic E-state index is -0.0546. The van der Waals surface area contributed by atoms with Gasteiger partial charge in [-0.2, -0.15) is 0 Å². The van der Waals surface area contributed by atoms with Crippen LogP contribution in [0, 0.1) is 0 Å². The average molecular weight is 184 g/mol. The predicted molar refractivity (Wildman–Crippen MR) is 52.7 cm³/mol. The maximum absolute atomic E-state index is 10.9. The summed E-state index contributed by atoms with van der Waals surface area (Å²) >= 11 is 0. The SMILES string of the molecule is CCCCCC1(OCC)CC(=O)C1. The minimum absolute atomic E-state index is 0.0546. The summed E-state index contributed by atoms with van der Waals surface area (Å²) in [6.45, 7) is 4.93. The quantitative estimate of drug-likeness (QED) is 0.593. The van der Waals surface area contributed by atoms with Crippen molar-refractivity contribution in [2.45, 2.75) is 58.0 Å². The Bertz CT molecular complexity index is 167. The van der Waals surface area contributed by atoms with Crippen LogP contribution in [0.3, 0.4) is 0 Å². The van der Waals surface area contributed by atoms with Crippen molar-refractivity contribution in [3.8, 4) is 0 Å². The molecule has 1 aliphatic rings. The van der Waals surface area contributed by atoms with Crippen molar-refractivity contribution >= 4 is 5.78 Å². The summed E-state index contributed by atoms with van der Waals surface area (Å²) in [6, 6.07) is 0. The Labute approximate surface area is 80.7 Å². The Morgan fingerprint density at radius 3 is 2.46 bits per heavy atom. The Hall–Kier alpha value is -0.370. The summed E-state index contributed by atoms with van der Waals surface area (Å²) < 4.78 is 5.66. The van der Waals surface area contributed by atoms with Crippen molar-refractivity contribution < 1.29 is 9.53 Å². The summed E-state index contributed by atoms with van der Waals surface area (Å²) in [4.78, 5) is 10.9. The van der Waals surface area contributed by atoms with Crippen LogP contribution in [0.25, 0.3) is 0 Å². The number of hydrogen-bond donors (Lipinski definition) is 0. The van der Waals surface area contributed by atoms with Gasteiger partial charge in [-0.25, -0.2) is 0 Å². The standard InChI is InChI=1S/C11H20O2/c1-3-5-6-7-11(13-4-2)8-10(12)9-11/h3-9H2,1-2H3. The first-order chi connectivity index (χ1) is 6.22. The van der Waals surface area contributed by atoms with Crippen LogP contribution in [0.4, 0.5) is 0 Å². The molecule has 0 aromatic rings. The molecular weight excluding hydrogens is 164 g/mol. The fraction of sp³-hybridized carbons (Fsp3) is 0.909. The van der Waals surface area contributed by atoms with Crippen LogP contribution in [0.5, 0.6) is 0 Å². The van der Waals surface area contributed by atoms with E-state index < -0.39 is 0 Å². The minimum Gasteiger partial charge on any atom is -0.374 e. The lowest BCUT2D eigenvalue weighted by molar-refractivity contribution is -0.152. The van der Waals surface area contributed by atoms with Gasteiger partial charge in [-0.05, 0) is 13.3 Å². The molecule has 0 spiro atoms. The van der Waals surface area contributed by atoms with Gasteiger partial charge in [0.1, 0.15) is 5.78 Å². The van der Waals surface area contributed by atoms with E-state index >= 15 is 0 Å². The fourth-order valence-electron chi connectivity index (χ4n) is 2.02. The topological polar surface area (TPSA) is 26.3 Å². The number of rotatable bonds is 6. The molecule has 0 aliphatic heterocycles. The largest absolute Gasteiger partial charge is 0.374 e. The van der Waals surface area contributed by atoms with Gasteiger partial charge >= 0.3 is 0 Å². The van der Waals surface area contributed by atoms with Gasteiger partial charge in [0.15, 0.2) is 0 Å². The van der Waals surface area contributed by atoms with Gasteiger partial charge in [0.25, 0.3) is 0 Å². The first kappa shape index (κ1) is 10.7. The molecule has 0 saturated heterocycles. The normalized spacial score (nSPS) is 20.0. The van der Waals surface area contributed by atoms with Crippen LogP contribution in [0.2, 0.25) is 0 Å². The lowest BCUT2D eigenvalue weighted by Crippen LogP contribution is -2.46. The van der Waals surface area contributed by atoms with Crippen molar-refractivity contribution in [1.29, 1.82) is 0 Å². The Morgan fingerprint density at radius 1 is 1.31 bits per heavy atom. The van der Waals surface area contributed by atoms with Crippen LogP contribution in [0.1, 0.15) is 52.4 Å². The van der Waals surface area contributed by atoms with Gasteiger partial charge in [-0.3, -0.25) is 4.79 Å². The molecule has 0 heterocycles. The van der Waals surface area contributed by atoms with Gasteiger partial charge in [-0.1, -0.05) is 26.2 Å². The van der Waals surface area contributed by atoms with Crippen molar-refractivity contribution in [1.82, 2.24) is 0 Å². The summed E-state index contributed by atoms with van der Waals surface area (Å²) in [5.41, 5.74) is -0.0546. The Kier molecular flexibility index (Phi) is 3.91. The zero-order valence-corrected chi connectivity index (χ0v) is 8.77. The number of hydrogen-bond acceptors (Lipinski definition) is 2. The van der Waals surface area contributed by atoms with Crippen molar-refractivity contribution in [3.63, 3.8) is 0 Å². The molecule has 0 aromatic carbocycles. The monoisotopic (exact) mass is 184 g/mol. The predicted octanol–water partition coefficient (Wildman–Crippen LogP) is 2.70. The molecule has 1 aliphatic carbocycles. The summed E-state index contributed by atoms with van der Waals surface area (Å²) in [5, 5.41) is 0. The molecule has 0 N–H and O–H groups in total. The Balaban J connectivity index is 2.27. The number of unbranched alkanes of at least 4 members (excludes halogenated alkanes) is 2. The highest BCUT2D eigenvalue weighted by molar-refractivity contribution is 5.87.